The predicted molar refractivity (Wildman–Crippen MR) is 79.9 cm³/mol. The topological polar surface area (TPSA) is 85.2 Å². The van der Waals surface area contributed by atoms with Gasteiger partial charge >= 0.3 is 17.1 Å². The van der Waals surface area contributed by atoms with Crippen LogP contribution in [0.3, 0.4) is 0 Å². The van der Waals surface area contributed by atoms with Gasteiger partial charge in [-0.15, -0.1) is 4.33 Å². The Hall–Kier alpha value is -0.620. The van der Waals surface area contributed by atoms with E-state index in [4.69, 9.17) is 9.99 Å². The highest BCUT2D eigenvalue weighted by Gasteiger charge is 2.66. The fourth-order valence-electron chi connectivity index (χ4n) is 5.57. The van der Waals surface area contributed by atoms with Gasteiger partial charge in [0.2, 0.25) is 0 Å². The van der Waals surface area contributed by atoms with Crippen molar-refractivity contribution in [2.75, 3.05) is 13.2 Å². The number of esters is 1. The van der Waals surface area contributed by atoms with Crippen molar-refractivity contribution in [1.29, 1.82) is 0 Å². The highest BCUT2D eigenvalue weighted by atomic mass is 32.2. The maximum Gasteiger partial charge on any atom is 0.446 e. The Kier molecular flexibility index (Phi) is 5.24. The minimum atomic E-state index is -5.62. The molecule has 3 unspecified atom stereocenters. The maximum atomic E-state index is 14.2. The van der Waals surface area contributed by atoms with Crippen molar-refractivity contribution >= 4 is 18.0 Å². The van der Waals surface area contributed by atoms with Crippen LogP contribution < -0.4 is 0 Å². The van der Waals surface area contributed by atoms with Crippen LogP contribution in [-0.2, 0) is 18.9 Å². The quantitative estimate of drug-likeness (QED) is 0.221. The molecule has 4 fully saturated rings. The van der Waals surface area contributed by atoms with Gasteiger partial charge in [-0.2, -0.15) is 13.2 Å². The molecule has 0 spiro atoms. The second-order valence-electron chi connectivity index (χ2n) is 8.01. The van der Waals surface area contributed by atoms with Crippen molar-refractivity contribution in [3.8, 4) is 0 Å². The molecular weight excluding hydrogens is 384 g/mol. The average molecular weight is 404 g/mol. The summed E-state index contributed by atoms with van der Waals surface area (Å²) in [5, 5.41) is 16.2. The zero-order valence-electron chi connectivity index (χ0n) is 13.8. The van der Waals surface area contributed by atoms with E-state index >= 15 is 0 Å². The minimum Gasteiger partial charge on any atom is -0.462 e. The van der Waals surface area contributed by atoms with E-state index in [2.05, 4.69) is 9.37 Å². The predicted octanol–water partition coefficient (Wildman–Crippen LogP) is 3.41. The molecule has 0 heterocycles. The van der Waals surface area contributed by atoms with Gasteiger partial charge in [-0.05, 0) is 55.8 Å². The summed E-state index contributed by atoms with van der Waals surface area (Å²) < 4.78 is 61.3. The third-order valence-electron chi connectivity index (χ3n) is 5.95. The lowest BCUT2D eigenvalue weighted by molar-refractivity contribution is -0.433. The molecule has 3 atom stereocenters. The van der Waals surface area contributed by atoms with Gasteiger partial charge in [0.1, 0.15) is 0 Å². The van der Waals surface area contributed by atoms with Crippen molar-refractivity contribution in [1.82, 2.24) is 0 Å². The number of hydrogen-bond donors (Lipinski definition) is 2. The third-order valence-corrected chi connectivity index (χ3v) is 6.71. The highest BCUT2D eigenvalue weighted by molar-refractivity contribution is 7.96. The second kappa shape index (κ2) is 6.77. The lowest BCUT2D eigenvalue weighted by Gasteiger charge is -2.61. The van der Waals surface area contributed by atoms with Crippen LogP contribution in [-0.4, -0.2) is 40.7 Å². The van der Waals surface area contributed by atoms with E-state index < -0.39 is 34.6 Å². The first-order valence-electron chi connectivity index (χ1n) is 8.27. The monoisotopic (exact) mass is 404 g/mol. The van der Waals surface area contributed by atoms with E-state index in [0.29, 0.717) is 31.1 Å². The third kappa shape index (κ3) is 3.44. The van der Waals surface area contributed by atoms with Crippen molar-refractivity contribution in [3.05, 3.63) is 0 Å². The van der Waals surface area contributed by atoms with Crippen molar-refractivity contribution in [2.45, 2.75) is 49.7 Å². The summed E-state index contributed by atoms with van der Waals surface area (Å²) >= 11 is -1.02. The number of alkyl halides is 4. The molecular formula is C15H20F4O6S. The summed E-state index contributed by atoms with van der Waals surface area (Å²) in [5.41, 5.74) is -0.816. The van der Waals surface area contributed by atoms with Crippen molar-refractivity contribution in [3.63, 3.8) is 0 Å². The van der Waals surface area contributed by atoms with Gasteiger partial charge in [0.05, 0.1) is 18.6 Å². The Morgan fingerprint density at radius 2 is 1.69 bits per heavy atom. The summed E-state index contributed by atoms with van der Waals surface area (Å²) in [4.78, 5) is 11.9. The number of hydrogen-bond acceptors (Lipinski definition) is 7. The van der Waals surface area contributed by atoms with E-state index in [1.165, 1.54) is 0 Å². The van der Waals surface area contributed by atoms with Crippen molar-refractivity contribution in [2.24, 2.45) is 22.7 Å². The van der Waals surface area contributed by atoms with Crippen LogP contribution in [0.5, 0.6) is 0 Å². The van der Waals surface area contributed by atoms with E-state index in [9.17, 15) is 27.5 Å². The van der Waals surface area contributed by atoms with Crippen LogP contribution in [0, 0.1) is 22.7 Å². The first-order chi connectivity index (χ1) is 12.1. The molecule has 0 saturated heterocycles. The lowest BCUT2D eigenvalue weighted by atomic mass is 9.44. The zero-order valence-corrected chi connectivity index (χ0v) is 14.6. The fraction of sp³-hybridized carbons (Fsp3) is 0.933. The summed E-state index contributed by atoms with van der Waals surface area (Å²) in [5.74, 6) is -1.48. The first-order valence-corrected chi connectivity index (χ1v) is 9.01. The number of rotatable bonds is 7. The molecule has 0 radical (unpaired) electrons. The molecule has 0 amide bonds. The van der Waals surface area contributed by atoms with Crippen LogP contribution in [0.1, 0.15) is 38.5 Å². The molecule has 4 saturated carbocycles. The smallest absolute Gasteiger partial charge is 0.446 e. The lowest BCUT2D eigenvalue weighted by Crippen LogP contribution is -2.55. The number of aliphatic hydroxyl groups excluding tert-OH is 1. The van der Waals surface area contributed by atoms with E-state index in [-0.39, 0.29) is 18.6 Å². The highest BCUT2D eigenvalue weighted by Crippen LogP contribution is 2.65. The van der Waals surface area contributed by atoms with Gasteiger partial charge in [-0.25, -0.2) is 14.4 Å². The molecule has 150 valence electrons. The molecule has 2 N–H and O–H groups in total. The number of carbonyl (C=O) groups is 1. The van der Waals surface area contributed by atoms with Crippen LogP contribution in [0.15, 0.2) is 0 Å². The standard InChI is InChI=1S/C15H20F4O6S/c16-14(15(17,18)19,26-25-24-22)11(21)23-8-13-4-9-1-10(5-13)3-12(2-9,6-13)7-20/h9-10,20,22H,1-8H2. The largest absolute Gasteiger partial charge is 0.462 e. The number of carbonyl (C=O) groups excluding carboxylic acids is 1. The van der Waals surface area contributed by atoms with Gasteiger partial charge in [0.15, 0.2) is 0 Å². The second-order valence-corrected chi connectivity index (χ2v) is 8.88. The Morgan fingerprint density at radius 1 is 1.12 bits per heavy atom. The van der Waals surface area contributed by atoms with Gasteiger partial charge in [-0.1, -0.05) is 5.04 Å². The molecule has 0 aromatic rings. The summed E-state index contributed by atoms with van der Waals surface area (Å²) in [6.07, 6.45) is -0.969. The molecule has 4 aliphatic carbocycles. The van der Waals surface area contributed by atoms with Gasteiger partial charge in [0, 0.05) is 12.0 Å². The number of halogens is 4. The van der Waals surface area contributed by atoms with Crippen molar-refractivity contribution < 1.29 is 46.8 Å². The Labute approximate surface area is 151 Å². The molecule has 26 heavy (non-hydrogen) atoms. The van der Waals surface area contributed by atoms with Crippen LogP contribution >= 0.6 is 12.0 Å². The van der Waals surface area contributed by atoms with Gasteiger partial charge in [-0.3, -0.25) is 0 Å². The van der Waals surface area contributed by atoms with E-state index in [0.717, 1.165) is 19.3 Å². The molecule has 0 aliphatic heterocycles. The minimum absolute atomic E-state index is 0.0111. The summed E-state index contributed by atoms with van der Waals surface area (Å²) in [6, 6.07) is 0. The molecule has 0 aromatic heterocycles. The number of aliphatic hydroxyl groups is 1. The number of ether oxygens (including phenoxy) is 1. The molecule has 4 rings (SSSR count). The molecule has 4 aliphatic rings. The Balaban J connectivity index is 1.70. The maximum absolute atomic E-state index is 14.2. The SMILES string of the molecule is O=C(OCC12CC3CC(CC(CO)(C3)C1)C2)C(F)(SOOO)C(F)(F)F. The molecule has 6 nitrogen and oxygen atoms in total. The fourth-order valence-corrected chi connectivity index (χ4v) is 5.92. The summed E-state index contributed by atoms with van der Waals surface area (Å²) in [6.45, 7) is -0.355. The molecule has 4 bridgehead atoms. The average Bonchev–Trinajstić information content (AvgIpc) is 2.55. The van der Waals surface area contributed by atoms with Gasteiger partial charge < -0.3 is 9.84 Å². The van der Waals surface area contributed by atoms with Crippen LogP contribution in [0.4, 0.5) is 17.6 Å². The van der Waals surface area contributed by atoms with Crippen LogP contribution in [0.25, 0.3) is 0 Å². The van der Waals surface area contributed by atoms with E-state index in [1.807, 2.05) is 0 Å². The van der Waals surface area contributed by atoms with Crippen LogP contribution in [0.2, 0.25) is 0 Å². The Morgan fingerprint density at radius 3 is 2.19 bits per heavy atom. The van der Waals surface area contributed by atoms with E-state index in [1.54, 1.807) is 0 Å². The zero-order chi connectivity index (χ0) is 19.2. The van der Waals surface area contributed by atoms with Gasteiger partial charge in [0.25, 0.3) is 0 Å². The normalized spacial score (nSPS) is 38.2. The molecule has 0 aromatic carbocycles. The molecule has 11 heteroatoms. The first kappa shape index (κ1) is 20.1. The summed E-state index contributed by atoms with van der Waals surface area (Å²) in [7, 11) is 0. The Bertz CT molecular complexity index is 545.